The van der Waals surface area contributed by atoms with E-state index in [1.807, 2.05) is 41.3 Å². The molecule has 2 fully saturated rings. The number of aromatic nitrogens is 1. The highest BCUT2D eigenvalue weighted by molar-refractivity contribution is 5.92. The second kappa shape index (κ2) is 8.71. The Morgan fingerprint density at radius 1 is 0.929 bits per heavy atom. The predicted octanol–water partition coefficient (Wildman–Crippen LogP) is 2.73. The van der Waals surface area contributed by atoms with Crippen molar-refractivity contribution in [3.05, 3.63) is 54.4 Å². The highest BCUT2D eigenvalue weighted by atomic mass is 16.5. The zero-order valence-electron chi connectivity index (χ0n) is 16.5. The van der Waals surface area contributed by atoms with Crippen LogP contribution >= 0.6 is 0 Å². The van der Waals surface area contributed by atoms with Crippen LogP contribution in [0.15, 0.2) is 48.7 Å². The Bertz CT molecular complexity index is 765. The van der Waals surface area contributed by atoms with Crippen molar-refractivity contribution >= 4 is 5.91 Å². The Morgan fingerprint density at radius 3 is 2.29 bits per heavy atom. The van der Waals surface area contributed by atoms with Crippen molar-refractivity contribution < 1.29 is 9.53 Å². The first-order valence-electron chi connectivity index (χ1n) is 10.1. The maximum absolute atomic E-state index is 12.8. The Kier molecular flexibility index (Phi) is 5.88. The molecule has 1 aromatic heterocycles. The highest BCUT2D eigenvalue weighted by Crippen LogP contribution is 2.22. The molecule has 4 rings (SSSR count). The number of hydrogen-bond donors (Lipinski definition) is 0. The summed E-state index contributed by atoms with van der Waals surface area (Å²) in [7, 11) is 2.18. The number of benzene rings is 1. The van der Waals surface area contributed by atoms with E-state index in [0.717, 1.165) is 57.9 Å². The minimum absolute atomic E-state index is 0.0167. The predicted molar refractivity (Wildman–Crippen MR) is 109 cm³/mol. The quantitative estimate of drug-likeness (QED) is 0.816. The summed E-state index contributed by atoms with van der Waals surface area (Å²) < 4.78 is 5.75. The van der Waals surface area contributed by atoms with Gasteiger partial charge >= 0.3 is 0 Å². The molecule has 0 spiro atoms. The van der Waals surface area contributed by atoms with Gasteiger partial charge < -0.3 is 14.5 Å². The van der Waals surface area contributed by atoms with Gasteiger partial charge in [-0.2, -0.15) is 0 Å². The van der Waals surface area contributed by atoms with Crippen molar-refractivity contribution in [1.29, 1.82) is 0 Å². The van der Waals surface area contributed by atoms with Crippen molar-refractivity contribution in [3.63, 3.8) is 0 Å². The van der Waals surface area contributed by atoms with Gasteiger partial charge in [0, 0.05) is 45.3 Å². The van der Waals surface area contributed by atoms with E-state index in [-0.39, 0.29) is 5.91 Å². The number of nitrogens with zero attached hydrogens (tertiary/aromatic N) is 4. The minimum atomic E-state index is 0.0167. The number of carbonyl (C=O) groups excluding carboxylic acids is 1. The van der Waals surface area contributed by atoms with Gasteiger partial charge in [0.15, 0.2) is 0 Å². The van der Waals surface area contributed by atoms with E-state index in [4.69, 9.17) is 4.74 Å². The molecule has 1 amide bonds. The zero-order valence-corrected chi connectivity index (χ0v) is 16.5. The Morgan fingerprint density at radius 2 is 1.64 bits per heavy atom. The molecule has 0 saturated carbocycles. The fourth-order valence-corrected chi connectivity index (χ4v) is 3.97. The smallest absolute Gasteiger partial charge is 0.272 e. The average Bonchev–Trinajstić information content (AvgIpc) is 2.75. The monoisotopic (exact) mass is 380 g/mol. The minimum Gasteiger partial charge on any atom is -0.456 e. The van der Waals surface area contributed by atoms with Crippen LogP contribution in [0.4, 0.5) is 0 Å². The number of likely N-dealkylation sites (N-methyl/N-ethyl adjacent to an activating group) is 1. The lowest BCUT2D eigenvalue weighted by Crippen LogP contribution is -2.53. The number of piperidine rings is 1. The number of hydrogen-bond acceptors (Lipinski definition) is 5. The molecule has 6 heteroatoms. The van der Waals surface area contributed by atoms with E-state index >= 15 is 0 Å². The highest BCUT2D eigenvalue weighted by Gasteiger charge is 2.29. The van der Waals surface area contributed by atoms with Crippen molar-refractivity contribution in [2.75, 3.05) is 46.3 Å². The summed E-state index contributed by atoms with van der Waals surface area (Å²) in [5, 5.41) is 0. The molecule has 3 heterocycles. The molecule has 2 aliphatic heterocycles. The lowest BCUT2D eigenvalue weighted by atomic mass is 10.0. The van der Waals surface area contributed by atoms with Crippen LogP contribution in [0.5, 0.6) is 11.5 Å². The molecule has 0 radical (unpaired) electrons. The Balaban J connectivity index is 1.30. The van der Waals surface area contributed by atoms with Crippen molar-refractivity contribution in [3.8, 4) is 11.5 Å². The summed E-state index contributed by atoms with van der Waals surface area (Å²) in [6.45, 7) is 6.17. The van der Waals surface area contributed by atoms with Gasteiger partial charge in [-0.25, -0.2) is 4.98 Å². The van der Waals surface area contributed by atoms with Gasteiger partial charge in [0.25, 0.3) is 5.91 Å². The van der Waals surface area contributed by atoms with Crippen molar-refractivity contribution in [2.45, 2.75) is 18.9 Å². The van der Waals surface area contributed by atoms with Crippen LogP contribution in [-0.4, -0.2) is 77.9 Å². The van der Waals surface area contributed by atoms with Gasteiger partial charge in [0.05, 0.1) is 6.20 Å². The molecule has 0 unspecified atom stereocenters. The van der Waals surface area contributed by atoms with E-state index in [2.05, 4.69) is 21.8 Å². The van der Waals surface area contributed by atoms with Crippen LogP contribution in [0.1, 0.15) is 23.3 Å². The van der Waals surface area contributed by atoms with Crippen LogP contribution in [0, 0.1) is 0 Å². The molecule has 6 nitrogen and oxygen atoms in total. The number of ether oxygens (including phenoxy) is 1. The third-order valence-electron chi connectivity index (χ3n) is 5.74. The summed E-state index contributed by atoms with van der Waals surface area (Å²) in [5.74, 6) is 1.41. The Labute approximate surface area is 166 Å². The van der Waals surface area contributed by atoms with Crippen LogP contribution in [-0.2, 0) is 0 Å². The SMILES string of the molecule is CN1CCN(C2CCN(C(=O)c3ccc(Oc4ccccc4)cn3)CC2)CC1. The van der Waals surface area contributed by atoms with Gasteiger partial charge in [0.1, 0.15) is 17.2 Å². The molecule has 0 bridgehead atoms. The van der Waals surface area contributed by atoms with Crippen LogP contribution < -0.4 is 4.74 Å². The zero-order chi connectivity index (χ0) is 19.3. The topological polar surface area (TPSA) is 48.9 Å². The van der Waals surface area contributed by atoms with E-state index in [1.54, 1.807) is 12.3 Å². The summed E-state index contributed by atoms with van der Waals surface area (Å²) in [4.78, 5) is 24.0. The number of rotatable bonds is 4. The number of pyridine rings is 1. The Hall–Kier alpha value is -2.44. The summed E-state index contributed by atoms with van der Waals surface area (Å²) in [6.07, 6.45) is 3.71. The van der Waals surface area contributed by atoms with Gasteiger partial charge in [-0.15, -0.1) is 0 Å². The molecule has 0 atom stereocenters. The molecule has 2 saturated heterocycles. The average molecular weight is 380 g/mol. The van der Waals surface area contributed by atoms with E-state index in [9.17, 15) is 4.79 Å². The number of amides is 1. The van der Waals surface area contributed by atoms with E-state index in [1.165, 1.54) is 0 Å². The standard InChI is InChI=1S/C22H28N4O2/c1-24-13-15-25(16-14-24)18-9-11-26(12-10-18)22(27)21-8-7-20(17-23-21)28-19-5-3-2-4-6-19/h2-8,17-18H,9-16H2,1H3. The van der Waals surface area contributed by atoms with Crippen LogP contribution in [0.25, 0.3) is 0 Å². The summed E-state index contributed by atoms with van der Waals surface area (Å²) in [6, 6.07) is 13.7. The first-order chi connectivity index (χ1) is 13.7. The van der Waals surface area contributed by atoms with E-state index in [0.29, 0.717) is 17.5 Å². The van der Waals surface area contributed by atoms with Crippen LogP contribution in [0.3, 0.4) is 0 Å². The molecule has 0 N–H and O–H groups in total. The first kappa shape index (κ1) is 18.9. The fourth-order valence-electron chi connectivity index (χ4n) is 3.97. The normalized spacial score (nSPS) is 19.5. The second-order valence-electron chi connectivity index (χ2n) is 7.66. The van der Waals surface area contributed by atoms with Crippen molar-refractivity contribution in [2.24, 2.45) is 0 Å². The maximum Gasteiger partial charge on any atom is 0.272 e. The molecular formula is C22H28N4O2. The number of likely N-dealkylation sites (tertiary alicyclic amines) is 1. The van der Waals surface area contributed by atoms with Crippen LogP contribution in [0.2, 0.25) is 0 Å². The van der Waals surface area contributed by atoms with Gasteiger partial charge in [-0.05, 0) is 44.2 Å². The maximum atomic E-state index is 12.8. The molecule has 28 heavy (non-hydrogen) atoms. The lowest BCUT2D eigenvalue weighted by molar-refractivity contribution is 0.0514. The third kappa shape index (κ3) is 4.51. The molecule has 148 valence electrons. The number of piperazine rings is 1. The fraction of sp³-hybridized carbons (Fsp3) is 0.455. The largest absolute Gasteiger partial charge is 0.456 e. The summed E-state index contributed by atoms with van der Waals surface area (Å²) in [5.41, 5.74) is 0.485. The molecule has 2 aromatic rings. The third-order valence-corrected chi connectivity index (χ3v) is 5.74. The lowest BCUT2D eigenvalue weighted by Gasteiger charge is -2.42. The van der Waals surface area contributed by atoms with Gasteiger partial charge in [-0.1, -0.05) is 18.2 Å². The molecule has 2 aliphatic rings. The molecule has 0 aliphatic carbocycles. The summed E-state index contributed by atoms with van der Waals surface area (Å²) >= 11 is 0. The van der Waals surface area contributed by atoms with Gasteiger partial charge in [0.2, 0.25) is 0 Å². The number of para-hydroxylation sites is 1. The molecular weight excluding hydrogens is 352 g/mol. The van der Waals surface area contributed by atoms with Crippen molar-refractivity contribution in [1.82, 2.24) is 19.7 Å². The van der Waals surface area contributed by atoms with E-state index < -0.39 is 0 Å². The van der Waals surface area contributed by atoms with Gasteiger partial charge in [-0.3, -0.25) is 9.69 Å². The number of carbonyl (C=O) groups is 1. The first-order valence-corrected chi connectivity index (χ1v) is 10.1. The molecule has 1 aromatic carbocycles. The second-order valence-corrected chi connectivity index (χ2v) is 7.66.